The number of thioether (sulfide) groups is 1. The summed E-state index contributed by atoms with van der Waals surface area (Å²) in [5, 5.41) is 0. The zero-order valence-electron chi connectivity index (χ0n) is 14.4. The second kappa shape index (κ2) is 7.83. The smallest absolute Gasteiger partial charge is 0.289 e. The van der Waals surface area contributed by atoms with Crippen LogP contribution in [0.4, 0.5) is 0 Å². The van der Waals surface area contributed by atoms with E-state index < -0.39 is 0 Å². The van der Waals surface area contributed by atoms with Crippen LogP contribution in [0.5, 0.6) is 0 Å². The fourth-order valence-corrected chi connectivity index (χ4v) is 4.10. The van der Waals surface area contributed by atoms with Crippen LogP contribution in [0, 0.1) is 0 Å². The van der Waals surface area contributed by atoms with Gasteiger partial charge < -0.3 is 14.3 Å². The van der Waals surface area contributed by atoms with Gasteiger partial charge in [0.15, 0.2) is 5.76 Å². The van der Waals surface area contributed by atoms with Crippen LogP contribution in [-0.2, 0) is 5.75 Å². The average Bonchev–Trinajstić information content (AvgIpc) is 3.39. The molecule has 3 aromatic rings. The second-order valence-corrected chi connectivity index (χ2v) is 7.48. The lowest BCUT2D eigenvalue weighted by Crippen LogP contribution is -2.39. The Bertz CT molecular complexity index is 845. The van der Waals surface area contributed by atoms with E-state index in [2.05, 4.69) is 22.1 Å². The number of H-pyrrole nitrogens is 1. The van der Waals surface area contributed by atoms with Gasteiger partial charge in [0.2, 0.25) is 0 Å². The van der Waals surface area contributed by atoms with E-state index >= 15 is 0 Å². The van der Waals surface area contributed by atoms with Crippen molar-refractivity contribution in [3.63, 3.8) is 0 Å². The van der Waals surface area contributed by atoms with Gasteiger partial charge in [0.1, 0.15) is 11.6 Å². The maximum atomic E-state index is 12.8. The summed E-state index contributed by atoms with van der Waals surface area (Å²) in [5.41, 5.74) is 0. The molecule has 0 aliphatic carbocycles. The molecular formula is C20H21N3O2S. The Hall–Kier alpha value is -2.47. The Morgan fingerprint density at radius 3 is 2.96 bits per heavy atom. The average molecular weight is 367 g/mol. The lowest BCUT2D eigenvalue weighted by atomic mass is 9.97. The van der Waals surface area contributed by atoms with Gasteiger partial charge in [0, 0.05) is 36.3 Å². The number of aromatic nitrogens is 2. The van der Waals surface area contributed by atoms with Crippen LogP contribution in [0.3, 0.4) is 0 Å². The third-order valence-electron chi connectivity index (χ3n) is 4.61. The summed E-state index contributed by atoms with van der Waals surface area (Å²) in [6, 6.07) is 13.9. The van der Waals surface area contributed by atoms with Gasteiger partial charge in [-0.25, -0.2) is 4.98 Å². The summed E-state index contributed by atoms with van der Waals surface area (Å²) < 4.78 is 5.81. The van der Waals surface area contributed by atoms with E-state index in [-0.39, 0.29) is 11.8 Å². The fourth-order valence-electron chi connectivity index (χ4n) is 3.28. The third-order valence-corrected chi connectivity index (χ3v) is 5.65. The summed E-state index contributed by atoms with van der Waals surface area (Å²) in [6.45, 7) is 1.45. The van der Waals surface area contributed by atoms with Crippen molar-refractivity contribution in [2.75, 3.05) is 13.1 Å². The van der Waals surface area contributed by atoms with Gasteiger partial charge in [-0.15, -0.1) is 11.8 Å². The van der Waals surface area contributed by atoms with E-state index in [1.54, 1.807) is 24.0 Å². The number of hydrogen-bond acceptors (Lipinski definition) is 4. The molecule has 0 spiro atoms. The number of piperidine rings is 1. The number of benzene rings is 1. The van der Waals surface area contributed by atoms with Gasteiger partial charge in [-0.3, -0.25) is 4.79 Å². The summed E-state index contributed by atoms with van der Waals surface area (Å²) in [6.07, 6.45) is 5.63. The molecule has 1 fully saturated rings. The van der Waals surface area contributed by atoms with E-state index in [1.807, 2.05) is 35.4 Å². The standard InChI is InChI=1S/C20H21N3O2S/c24-20(23-12-4-5-15(13-23)19-21-10-11-22-19)18-9-8-16(25-18)14-26-17-6-2-1-3-7-17/h1-3,6-11,15H,4-5,12-14H2,(H,21,22). The largest absolute Gasteiger partial charge is 0.455 e. The molecule has 5 nitrogen and oxygen atoms in total. The number of amides is 1. The summed E-state index contributed by atoms with van der Waals surface area (Å²) in [4.78, 5) is 23.4. The highest BCUT2D eigenvalue weighted by Gasteiger charge is 2.28. The number of aromatic amines is 1. The van der Waals surface area contributed by atoms with Crippen molar-refractivity contribution >= 4 is 17.7 Å². The van der Waals surface area contributed by atoms with Crippen molar-refractivity contribution in [2.24, 2.45) is 0 Å². The third kappa shape index (κ3) is 3.85. The number of rotatable bonds is 5. The van der Waals surface area contributed by atoms with E-state index in [9.17, 15) is 4.79 Å². The second-order valence-electron chi connectivity index (χ2n) is 6.43. The zero-order valence-corrected chi connectivity index (χ0v) is 15.2. The molecule has 0 radical (unpaired) electrons. The molecular weight excluding hydrogens is 346 g/mol. The Labute approximate surface area is 156 Å². The predicted octanol–water partition coefficient (Wildman–Crippen LogP) is 4.31. The van der Waals surface area contributed by atoms with Crippen molar-refractivity contribution in [1.82, 2.24) is 14.9 Å². The number of carbonyl (C=O) groups is 1. The van der Waals surface area contributed by atoms with Crippen LogP contribution < -0.4 is 0 Å². The van der Waals surface area contributed by atoms with Gasteiger partial charge in [-0.1, -0.05) is 18.2 Å². The number of nitrogens with one attached hydrogen (secondary N) is 1. The van der Waals surface area contributed by atoms with Crippen LogP contribution in [0.25, 0.3) is 0 Å². The van der Waals surface area contributed by atoms with Crippen molar-refractivity contribution < 1.29 is 9.21 Å². The first-order valence-electron chi connectivity index (χ1n) is 8.85. The summed E-state index contributed by atoms with van der Waals surface area (Å²) in [7, 11) is 0. The lowest BCUT2D eigenvalue weighted by molar-refractivity contribution is 0.0671. The van der Waals surface area contributed by atoms with Crippen LogP contribution >= 0.6 is 11.8 Å². The Morgan fingerprint density at radius 1 is 1.27 bits per heavy atom. The molecule has 1 unspecified atom stereocenters. The molecule has 134 valence electrons. The lowest BCUT2D eigenvalue weighted by Gasteiger charge is -2.31. The highest BCUT2D eigenvalue weighted by atomic mass is 32.2. The van der Waals surface area contributed by atoms with Crippen molar-refractivity contribution in [3.05, 3.63) is 72.2 Å². The van der Waals surface area contributed by atoms with Gasteiger partial charge in [-0.05, 0) is 37.1 Å². The monoisotopic (exact) mass is 367 g/mol. The molecule has 6 heteroatoms. The van der Waals surface area contributed by atoms with Crippen LogP contribution in [0.1, 0.15) is 40.9 Å². The van der Waals surface area contributed by atoms with Gasteiger partial charge in [0.05, 0.1) is 5.75 Å². The minimum absolute atomic E-state index is 0.0304. The highest BCUT2D eigenvalue weighted by Crippen LogP contribution is 2.27. The number of imidazole rings is 1. The minimum Gasteiger partial charge on any atom is -0.455 e. The molecule has 1 aliphatic rings. The molecule has 1 saturated heterocycles. The van der Waals surface area contributed by atoms with Crippen molar-refractivity contribution in [1.29, 1.82) is 0 Å². The molecule has 3 heterocycles. The fraction of sp³-hybridized carbons (Fsp3) is 0.300. The number of carbonyl (C=O) groups excluding carboxylic acids is 1. The topological polar surface area (TPSA) is 62.1 Å². The molecule has 1 aliphatic heterocycles. The molecule has 26 heavy (non-hydrogen) atoms. The Kier molecular flexibility index (Phi) is 5.11. The minimum atomic E-state index is -0.0304. The van der Waals surface area contributed by atoms with E-state index in [0.29, 0.717) is 18.1 Å². The number of furan rings is 1. The first-order chi connectivity index (χ1) is 12.8. The Morgan fingerprint density at radius 2 is 2.15 bits per heavy atom. The predicted molar refractivity (Wildman–Crippen MR) is 101 cm³/mol. The SMILES string of the molecule is O=C(c1ccc(CSc2ccccc2)o1)N1CCCC(c2ncc[nH]2)C1. The molecule has 1 aromatic carbocycles. The van der Waals surface area contributed by atoms with Crippen LogP contribution in [0.2, 0.25) is 0 Å². The number of nitrogens with zero attached hydrogens (tertiary/aromatic N) is 2. The maximum Gasteiger partial charge on any atom is 0.289 e. The molecule has 1 atom stereocenters. The summed E-state index contributed by atoms with van der Waals surface area (Å²) >= 11 is 1.70. The molecule has 4 rings (SSSR count). The number of hydrogen-bond donors (Lipinski definition) is 1. The van der Waals surface area contributed by atoms with Crippen LogP contribution in [-0.4, -0.2) is 33.9 Å². The van der Waals surface area contributed by atoms with E-state index in [1.165, 1.54) is 4.90 Å². The quantitative estimate of drug-likeness (QED) is 0.683. The first-order valence-corrected chi connectivity index (χ1v) is 9.83. The van der Waals surface area contributed by atoms with E-state index in [4.69, 9.17) is 4.42 Å². The normalized spacial score (nSPS) is 17.4. The Balaban J connectivity index is 1.38. The zero-order chi connectivity index (χ0) is 17.8. The van der Waals surface area contributed by atoms with Crippen molar-refractivity contribution in [2.45, 2.75) is 29.4 Å². The first kappa shape index (κ1) is 17.0. The van der Waals surface area contributed by atoms with Crippen molar-refractivity contribution in [3.8, 4) is 0 Å². The van der Waals surface area contributed by atoms with Gasteiger partial charge in [-0.2, -0.15) is 0 Å². The van der Waals surface area contributed by atoms with E-state index in [0.717, 1.165) is 31.0 Å². The molecule has 1 amide bonds. The highest BCUT2D eigenvalue weighted by molar-refractivity contribution is 7.98. The van der Waals surface area contributed by atoms with Crippen LogP contribution in [0.15, 0.2) is 64.2 Å². The molecule has 1 N–H and O–H groups in total. The van der Waals surface area contributed by atoms with Gasteiger partial charge >= 0.3 is 0 Å². The maximum absolute atomic E-state index is 12.8. The molecule has 0 bridgehead atoms. The molecule has 2 aromatic heterocycles. The summed E-state index contributed by atoms with van der Waals surface area (Å²) in [5.74, 6) is 3.16. The number of likely N-dealkylation sites (tertiary alicyclic amines) is 1. The van der Waals surface area contributed by atoms with Gasteiger partial charge in [0.25, 0.3) is 5.91 Å². The molecule has 0 saturated carbocycles.